The maximum Gasteiger partial charge on any atom is 0.123 e. The third kappa shape index (κ3) is 1.77. The van der Waals surface area contributed by atoms with Gasteiger partial charge in [0, 0.05) is 23.6 Å². The van der Waals surface area contributed by atoms with E-state index in [1.54, 1.807) is 7.11 Å². The van der Waals surface area contributed by atoms with Gasteiger partial charge in [-0.15, -0.1) is 0 Å². The van der Waals surface area contributed by atoms with E-state index in [4.69, 9.17) is 9.47 Å². The van der Waals surface area contributed by atoms with E-state index in [1.165, 1.54) is 0 Å². The predicted molar refractivity (Wildman–Crippen MR) is 61.6 cm³/mol. The molecule has 0 radical (unpaired) electrons. The minimum Gasteiger partial charge on any atom is -0.374 e. The summed E-state index contributed by atoms with van der Waals surface area (Å²) in [5.74, 6) is 0. The molecule has 1 aliphatic rings. The van der Waals surface area contributed by atoms with Gasteiger partial charge in [-0.3, -0.25) is 0 Å². The van der Waals surface area contributed by atoms with E-state index in [9.17, 15) is 0 Å². The summed E-state index contributed by atoms with van der Waals surface area (Å²) < 4.78 is 12.4. The van der Waals surface area contributed by atoms with Crippen molar-refractivity contribution < 1.29 is 9.47 Å². The molecule has 0 spiro atoms. The van der Waals surface area contributed by atoms with Crippen LogP contribution in [-0.2, 0) is 9.47 Å². The Hall–Kier alpha value is 0.140. The lowest BCUT2D eigenvalue weighted by molar-refractivity contribution is -0.115. The van der Waals surface area contributed by atoms with Crippen LogP contribution in [0.3, 0.4) is 0 Å². The highest BCUT2D eigenvalue weighted by Gasteiger charge is 2.51. The molecule has 1 aliphatic carbocycles. The van der Waals surface area contributed by atoms with Gasteiger partial charge >= 0.3 is 0 Å². The molecule has 0 saturated carbocycles. The van der Waals surface area contributed by atoms with Crippen LogP contribution in [0.1, 0.15) is 27.7 Å². The Morgan fingerprint density at radius 3 is 2.43 bits per heavy atom. The van der Waals surface area contributed by atoms with E-state index in [-0.39, 0.29) is 17.1 Å². The van der Waals surface area contributed by atoms with Crippen LogP contribution in [-0.4, -0.2) is 25.4 Å². The summed E-state index contributed by atoms with van der Waals surface area (Å²) in [4.78, 5) is 0. The summed E-state index contributed by atoms with van der Waals surface area (Å²) in [5.41, 5.74) is -0.334. The molecule has 1 rings (SSSR count). The van der Waals surface area contributed by atoms with Crippen molar-refractivity contribution in [2.24, 2.45) is 5.41 Å². The van der Waals surface area contributed by atoms with Crippen LogP contribution in [0, 0.1) is 5.41 Å². The number of halogens is 1. The average Bonchev–Trinajstić information content (AvgIpc) is 2.26. The fraction of sp³-hybridized carbons (Fsp3) is 0.818. The quantitative estimate of drug-likeness (QED) is 0.729. The van der Waals surface area contributed by atoms with Gasteiger partial charge < -0.3 is 9.47 Å². The van der Waals surface area contributed by atoms with Gasteiger partial charge in [-0.25, -0.2) is 0 Å². The van der Waals surface area contributed by atoms with E-state index in [0.717, 1.165) is 4.48 Å². The molecule has 0 amide bonds. The smallest absolute Gasteiger partial charge is 0.123 e. The van der Waals surface area contributed by atoms with E-state index in [0.29, 0.717) is 6.61 Å². The highest BCUT2D eigenvalue weighted by Crippen LogP contribution is 2.48. The van der Waals surface area contributed by atoms with Crippen molar-refractivity contribution in [2.75, 3.05) is 13.7 Å². The van der Waals surface area contributed by atoms with Crippen molar-refractivity contribution in [3.63, 3.8) is 0 Å². The number of hydrogen-bond donors (Lipinski definition) is 0. The molecule has 0 N–H and O–H groups in total. The number of rotatable bonds is 3. The molecule has 82 valence electrons. The summed E-state index contributed by atoms with van der Waals surface area (Å²) >= 11 is 3.56. The molecular weight excluding hydrogens is 245 g/mol. The third-order valence-corrected chi connectivity index (χ3v) is 3.92. The van der Waals surface area contributed by atoms with Crippen LogP contribution in [0.5, 0.6) is 0 Å². The van der Waals surface area contributed by atoms with Crippen LogP contribution in [0.15, 0.2) is 10.6 Å². The Labute approximate surface area is 94.8 Å². The molecular formula is C11H19BrO2. The zero-order valence-electron chi connectivity index (χ0n) is 9.56. The normalized spacial score (nSPS) is 35.9. The Morgan fingerprint density at radius 2 is 2.00 bits per heavy atom. The second-order valence-corrected chi connectivity index (χ2v) is 5.31. The minimum atomic E-state index is -0.348. The van der Waals surface area contributed by atoms with Gasteiger partial charge in [-0.05, 0) is 13.8 Å². The lowest BCUT2D eigenvalue weighted by atomic mass is 9.88. The van der Waals surface area contributed by atoms with Gasteiger partial charge in [0.15, 0.2) is 0 Å². The first-order valence-corrected chi connectivity index (χ1v) is 5.73. The summed E-state index contributed by atoms with van der Waals surface area (Å²) in [7, 11) is 1.72. The fourth-order valence-electron chi connectivity index (χ4n) is 2.13. The van der Waals surface area contributed by atoms with Crippen LogP contribution in [0.25, 0.3) is 0 Å². The number of hydrogen-bond acceptors (Lipinski definition) is 2. The highest BCUT2D eigenvalue weighted by atomic mass is 79.9. The SMILES string of the molecule is CCO[C@H]1C(C)(C)[13CH]=C(Br)[C@]1(C)OC. The van der Waals surface area contributed by atoms with Gasteiger partial charge in [-0.1, -0.05) is 35.9 Å². The summed E-state index contributed by atoms with van der Waals surface area (Å²) in [6, 6.07) is 0. The predicted octanol–water partition coefficient (Wildman–Crippen LogP) is 3.12. The first-order chi connectivity index (χ1) is 6.38. The van der Waals surface area contributed by atoms with Gasteiger partial charge in [0.2, 0.25) is 0 Å². The molecule has 0 bridgehead atoms. The van der Waals surface area contributed by atoms with Crippen molar-refractivity contribution in [1.29, 1.82) is 0 Å². The van der Waals surface area contributed by atoms with Crippen molar-refractivity contribution in [3.05, 3.63) is 10.6 Å². The van der Waals surface area contributed by atoms with Gasteiger partial charge in [-0.2, -0.15) is 0 Å². The Balaban J connectivity index is 3.00. The fourth-order valence-corrected chi connectivity index (χ4v) is 3.09. The van der Waals surface area contributed by atoms with E-state index in [1.807, 2.05) is 6.92 Å². The van der Waals surface area contributed by atoms with Crippen LogP contribution in [0.2, 0.25) is 0 Å². The second-order valence-electron chi connectivity index (χ2n) is 4.46. The molecule has 3 heteroatoms. The van der Waals surface area contributed by atoms with Gasteiger partial charge in [0.05, 0.1) is 6.10 Å². The monoisotopic (exact) mass is 263 g/mol. The van der Waals surface area contributed by atoms with Crippen LogP contribution >= 0.6 is 15.9 Å². The van der Waals surface area contributed by atoms with E-state index < -0.39 is 0 Å². The molecule has 0 aromatic carbocycles. The number of ether oxygens (including phenoxy) is 2. The van der Waals surface area contributed by atoms with Crippen molar-refractivity contribution in [2.45, 2.75) is 39.4 Å². The largest absolute Gasteiger partial charge is 0.374 e. The van der Waals surface area contributed by atoms with Crippen LogP contribution in [0.4, 0.5) is 0 Å². The molecule has 14 heavy (non-hydrogen) atoms. The zero-order chi connectivity index (χ0) is 11.0. The van der Waals surface area contributed by atoms with E-state index >= 15 is 0 Å². The summed E-state index contributed by atoms with van der Waals surface area (Å²) in [6.07, 6.45) is 2.25. The topological polar surface area (TPSA) is 18.5 Å². The molecule has 0 aromatic rings. The Kier molecular flexibility index (Phi) is 3.45. The molecule has 0 heterocycles. The maximum absolute atomic E-state index is 5.79. The first-order valence-electron chi connectivity index (χ1n) is 4.94. The van der Waals surface area contributed by atoms with Crippen LogP contribution < -0.4 is 0 Å². The summed E-state index contributed by atoms with van der Waals surface area (Å²) in [5, 5.41) is 0. The third-order valence-electron chi connectivity index (χ3n) is 2.91. The summed E-state index contributed by atoms with van der Waals surface area (Å²) in [6.45, 7) is 9.11. The second kappa shape index (κ2) is 3.95. The molecule has 0 aliphatic heterocycles. The lowest BCUT2D eigenvalue weighted by Crippen LogP contribution is -2.46. The Morgan fingerprint density at radius 1 is 1.43 bits per heavy atom. The molecule has 0 saturated heterocycles. The van der Waals surface area contributed by atoms with Crippen molar-refractivity contribution in [1.82, 2.24) is 0 Å². The molecule has 2 atom stereocenters. The molecule has 2 nitrogen and oxygen atoms in total. The average molecular weight is 264 g/mol. The molecule has 0 fully saturated rings. The molecule has 0 unspecified atom stereocenters. The standard InChI is InChI=1S/C11H19BrO2/c1-6-14-9-10(2,3)7-8(12)11(9,4)13-5/h7,9H,6H2,1-5H3/t9-,11-/m0/s1/i7+1. The first kappa shape index (κ1) is 12.2. The molecule has 0 aromatic heterocycles. The highest BCUT2D eigenvalue weighted by molar-refractivity contribution is 9.11. The van der Waals surface area contributed by atoms with Crippen molar-refractivity contribution in [3.8, 4) is 0 Å². The van der Waals surface area contributed by atoms with Gasteiger partial charge in [0.1, 0.15) is 5.60 Å². The maximum atomic E-state index is 5.79. The van der Waals surface area contributed by atoms with Gasteiger partial charge in [0.25, 0.3) is 0 Å². The van der Waals surface area contributed by atoms with Crippen molar-refractivity contribution >= 4 is 15.9 Å². The zero-order valence-corrected chi connectivity index (χ0v) is 11.1. The minimum absolute atomic E-state index is 0.0135. The Bertz CT molecular complexity index is 248. The number of methoxy groups -OCH3 is 1. The van der Waals surface area contributed by atoms with E-state index in [2.05, 4.69) is 42.8 Å². The lowest BCUT2D eigenvalue weighted by Gasteiger charge is -2.37.